The van der Waals surface area contributed by atoms with Gasteiger partial charge >= 0.3 is 18.2 Å². The molecule has 3 aromatic carbocycles. The molecule has 8 nitrogen and oxygen atoms in total. The van der Waals surface area contributed by atoms with Crippen LogP contribution >= 0.6 is 0 Å². The molecule has 1 unspecified atom stereocenters. The number of methoxy groups -OCH3 is 1. The average molecular weight is 622 g/mol. The largest absolute Gasteiger partial charge is 0.468 e. The highest BCUT2D eigenvalue weighted by atomic mass is 19.4. The number of ether oxygens (including phenoxy) is 2. The Kier molecular flexibility index (Phi) is 10.3. The highest BCUT2D eigenvalue weighted by molar-refractivity contribution is 6.08. The Balaban J connectivity index is 1.36. The summed E-state index contributed by atoms with van der Waals surface area (Å²) in [4.78, 5) is 38.5. The van der Waals surface area contributed by atoms with E-state index in [0.29, 0.717) is 36.1 Å². The van der Waals surface area contributed by atoms with Crippen molar-refractivity contribution in [3.05, 3.63) is 108 Å². The fourth-order valence-corrected chi connectivity index (χ4v) is 5.24. The molecule has 0 aliphatic rings. The Morgan fingerprint density at radius 1 is 0.889 bits per heavy atom. The maximum Gasteiger partial charge on any atom is 0.416 e. The predicted octanol–water partition coefficient (Wildman–Crippen LogP) is 7.35. The zero-order valence-corrected chi connectivity index (χ0v) is 25.1. The molecular weight excluding hydrogens is 587 g/mol. The number of alkyl halides is 3. The van der Waals surface area contributed by atoms with Gasteiger partial charge in [0.05, 0.1) is 23.8 Å². The van der Waals surface area contributed by atoms with E-state index >= 15 is 0 Å². The Bertz CT molecular complexity index is 1640. The van der Waals surface area contributed by atoms with Crippen LogP contribution in [0.4, 0.5) is 23.7 Å². The molecule has 2 amide bonds. The van der Waals surface area contributed by atoms with E-state index in [2.05, 4.69) is 10.6 Å². The first-order chi connectivity index (χ1) is 21.5. The van der Waals surface area contributed by atoms with E-state index in [1.54, 1.807) is 37.5 Å². The molecule has 0 radical (unpaired) electrons. The van der Waals surface area contributed by atoms with Crippen molar-refractivity contribution >= 4 is 23.7 Å². The summed E-state index contributed by atoms with van der Waals surface area (Å²) in [6.45, 7) is 2.17. The number of amides is 2. The second kappa shape index (κ2) is 14.1. The first-order valence-electron chi connectivity index (χ1n) is 14.3. The van der Waals surface area contributed by atoms with Crippen LogP contribution in [0.3, 0.4) is 0 Å². The first kappa shape index (κ1) is 32.8. The van der Waals surface area contributed by atoms with Crippen molar-refractivity contribution in [2.45, 2.75) is 37.8 Å². The van der Waals surface area contributed by atoms with Crippen LogP contribution in [0.1, 0.15) is 47.7 Å². The quantitative estimate of drug-likeness (QED) is 0.135. The number of carbonyl (C=O) groups excluding carboxylic acids is 3. The summed E-state index contributed by atoms with van der Waals surface area (Å²) in [7, 11) is 3.00. The maximum absolute atomic E-state index is 13.2. The van der Waals surface area contributed by atoms with Gasteiger partial charge in [0.1, 0.15) is 0 Å². The Morgan fingerprint density at radius 3 is 2.20 bits per heavy atom. The van der Waals surface area contributed by atoms with Gasteiger partial charge in [-0.3, -0.25) is 9.59 Å². The molecule has 0 saturated carbocycles. The molecule has 0 fully saturated rings. The molecule has 1 aromatic heterocycles. The number of halogens is 3. The SMILES string of the molecule is CCC(CCCNC(=O)Oc1cc(NC(=O)c2ccccc2-c2ccc(C(F)(F)F)cc2)cn1C)(C(=O)OC)c1ccccc1. The molecular formula is C34H34F3N3O5. The standard InChI is InChI=1S/C34H34F3N3O5/c1-4-33(31(42)44-3,24-11-6-5-7-12-24)19-10-20-38-32(43)45-29-21-26(22-40(29)2)39-30(41)28-14-9-8-13-27(28)23-15-17-25(18-16-23)34(35,36)37/h5-9,11-18,21-22H,4,10,19-20H2,1-3H3,(H,38,43)(H,39,41). The normalized spacial score (nSPS) is 12.6. The minimum atomic E-state index is -4.47. The summed E-state index contributed by atoms with van der Waals surface area (Å²) in [5, 5.41) is 5.44. The fraction of sp³-hybridized carbons (Fsp3) is 0.265. The van der Waals surface area contributed by atoms with Crippen molar-refractivity contribution in [3.63, 3.8) is 0 Å². The van der Waals surface area contributed by atoms with E-state index in [9.17, 15) is 27.6 Å². The lowest BCUT2D eigenvalue weighted by Gasteiger charge is -2.30. The summed E-state index contributed by atoms with van der Waals surface area (Å²) >= 11 is 0. The van der Waals surface area contributed by atoms with Gasteiger partial charge < -0.3 is 24.7 Å². The molecule has 0 saturated heterocycles. The summed E-state index contributed by atoms with van der Waals surface area (Å²) in [6.07, 6.45) is -2.14. The van der Waals surface area contributed by atoms with Crippen molar-refractivity contribution < 1.29 is 37.0 Å². The van der Waals surface area contributed by atoms with Crippen LogP contribution in [0.25, 0.3) is 11.1 Å². The lowest BCUT2D eigenvalue weighted by molar-refractivity contribution is -0.148. The minimum absolute atomic E-state index is 0.167. The number of nitrogens with zero attached hydrogens (tertiary/aromatic N) is 1. The van der Waals surface area contributed by atoms with Crippen LogP contribution in [0.2, 0.25) is 0 Å². The number of aryl methyl sites for hydroxylation is 1. The van der Waals surface area contributed by atoms with Crippen LogP contribution in [0.15, 0.2) is 91.1 Å². The molecule has 0 spiro atoms. The number of carbonyl (C=O) groups is 3. The second-order valence-electron chi connectivity index (χ2n) is 10.5. The van der Waals surface area contributed by atoms with E-state index < -0.39 is 29.2 Å². The fourth-order valence-electron chi connectivity index (χ4n) is 5.24. The van der Waals surface area contributed by atoms with E-state index in [-0.39, 0.29) is 24.0 Å². The summed E-state index contributed by atoms with van der Waals surface area (Å²) < 4.78 is 51.1. The Hall–Kier alpha value is -5.06. The van der Waals surface area contributed by atoms with E-state index in [4.69, 9.17) is 9.47 Å². The zero-order chi connectivity index (χ0) is 32.6. The highest BCUT2D eigenvalue weighted by Gasteiger charge is 2.39. The zero-order valence-electron chi connectivity index (χ0n) is 25.1. The number of hydrogen-bond acceptors (Lipinski definition) is 5. The summed E-state index contributed by atoms with van der Waals surface area (Å²) in [5.74, 6) is -0.657. The van der Waals surface area contributed by atoms with Crippen molar-refractivity contribution in [3.8, 4) is 17.0 Å². The molecule has 0 aliphatic carbocycles. The third kappa shape index (κ3) is 7.72. The van der Waals surface area contributed by atoms with Crippen LogP contribution in [-0.4, -0.2) is 36.2 Å². The van der Waals surface area contributed by atoms with Crippen molar-refractivity contribution in [2.24, 2.45) is 7.05 Å². The van der Waals surface area contributed by atoms with E-state index in [1.165, 1.54) is 29.9 Å². The molecule has 11 heteroatoms. The highest BCUT2D eigenvalue weighted by Crippen LogP contribution is 2.35. The maximum atomic E-state index is 13.2. The molecule has 0 bridgehead atoms. The van der Waals surface area contributed by atoms with Gasteiger partial charge in [0.15, 0.2) is 0 Å². The predicted molar refractivity (Wildman–Crippen MR) is 164 cm³/mol. The lowest BCUT2D eigenvalue weighted by atomic mass is 9.74. The number of benzene rings is 3. The number of aromatic nitrogens is 1. The van der Waals surface area contributed by atoms with Crippen molar-refractivity contribution in [1.82, 2.24) is 9.88 Å². The monoisotopic (exact) mass is 621 g/mol. The van der Waals surface area contributed by atoms with Gasteiger partial charge in [0, 0.05) is 31.4 Å². The third-order valence-electron chi connectivity index (χ3n) is 7.67. The van der Waals surface area contributed by atoms with E-state index in [0.717, 1.165) is 17.7 Å². The van der Waals surface area contributed by atoms with Gasteiger partial charge in [-0.05, 0) is 54.2 Å². The van der Waals surface area contributed by atoms with Gasteiger partial charge in [0.25, 0.3) is 5.91 Å². The van der Waals surface area contributed by atoms with Gasteiger partial charge in [0.2, 0.25) is 5.88 Å². The number of rotatable bonds is 11. The molecule has 4 aromatic rings. The summed E-state index contributed by atoms with van der Waals surface area (Å²) in [6, 6.07) is 22.0. The molecule has 1 heterocycles. The molecule has 0 aliphatic heterocycles. The molecule has 1 atom stereocenters. The minimum Gasteiger partial charge on any atom is -0.468 e. The molecule has 4 rings (SSSR count). The molecule has 45 heavy (non-hydrogen) atoms. The Labute approximate surface area is 259 Å². The van der Waals surface area contributed by atoms with Crippen LogP contribution in [0, 0.1) is 0 Å². The number of hydrogen-bond donors (Lipinski definition) is 2. The van der Waals surface area contributed by atoms with Crippen molar-refractivity contribution in [1.29, 1.82) is 0 Å². The van der Waals surface area contributed by atoms with Gasteiger partial charge in [-0.1, -0.05) is 67.6 Å². The second-order valence-corrected chi connectivity index (χ2v) is 10.5. The number of anilines is 1. The van der Waals surface area contributed by atoms with Crippen LogP contribution < -0.4 is 15.4 Å². The van der Waals surface area contributed by atoms with Gasteiger partial charge in [-0.15, -0.1) is 0 Å². The first-order valence-corrected chi connectivity index (χ1v) is 14.3. The molecule has 2 N–H and O–H groups in total. The van der Waals surface area contributed by atoms with Gasteiger partial charge in [-0.2, -0.15) is 13.2 Å². The average Bonchev–Trinajstić information content (AvgIpc) is 3.38. The topological polar surface area (TPSA) is 98.7 Å². The van der Waals surface area contributed by atoms with E-state index in [1.807, 2.05) is 37.3 Å². The van der Waals surface area contributed by atoms with Crippen molar-refractivity contribution in [2.75, 3.05) is 19.0 Å². The third-order valence-corrected chi connectivity index (χ3v) is 7.67. The smallest absolute Gasteiger partial charge is 0.416 e. The Morgan fingerprint density at radius 2 is 1.56 bits per heavy atom. The van der Waals surface area contributed by atoms with Crippen LogP contribution in [-0.2, 0) is 28.2 Å². The van der Waals surface area contributed by atoms with Gasteiger partial charge in [-0.25, -0.2) is 4.79 Å². The number of esters is 1. The molecule has 236 valence electrons. The number of nitrogens with one attached hydrogen (secondary N) is 2. The lowest BCUT2D eigenvalue weighted by Crippen LogP contribution is -2.38. The van der Waals surface area contributed by atoms with Crippen LogP contribution in [0.5, 0.6) is 5.88 Å². The summed E-state index contributed by atoms with van der Waals surface area (Å²) in [5.41, 5.74) is 0.751.